The van der Waals surface area contributed by atoms with Gasteiger partial charge in [0.15, 0.2) is 12.1 Å². The average Bonchev–Trinajstić information content (AvgIpc) is 3.53. The second-order valence-corrected chi connectivity index (χ2v) is 8.21. The topological polar surface area (TPSA) is 91.4 Å². The molecule has 1 amide bonds. The first-order valence-corrected chi connectivity index (χ1v) is 11.0. The minimum absolute atomic E-state index is 0.0305. The van der Waals surface area contributed by atoms with E-state index in [1.807, 2.05) is 30.3 Å². The van der Waals surface area contributed by atoms with E-state index in [2.05, 4.69) is 0 Å². The maximum Gasteiger partial charge on any atom is 0.410 e. The Hall–Kier alpha value is -2.45. The molecule has 5 unspecified atom stereocenters. The number of carbonyl (C=O) groups is 3. The van der Waals surface area contributed by atoms with Gasteiger partial charge in [-0.2, -0.15) is 0 Å². The van der Waals surface area contributed by atoms with Crippen molar-refractivity contribution in [1.82, 2.24) is 4.90 Å². The molecule has 0 aromatic heterocycles. The molecule has 1 aliphatic carbocycles. The van der Waals surface area contributed by atoms with Crippen LogP contribution in [-0.4, -0.2) is 61.4 Å². The summed E-state index contributed by atoms with van der Waals surface area (Å²) < 4.78 is 22.0. The van der Waals surface area contributed by atoms with E-state index >= 15 is 0 Å². The van der Waals surface area contributed by atoms with Crippen molar-refractivity contribution in [3.05, 3.63) is 35.9 Å². The number of likely N-dealkylation sites (tertiary alicyclic amines) is 1. The summed E-state index contributed by atoms with van der Waals surface area (Å²) in [6.07, 6.45) is 1.80. The van der Waals surface area contributed by atoms with Crippen LogP contribution >= 0.6 is 0 Å². The molecule has 0 radical (unpaired) electrons. The fraction of sp³-hybridized carbons (Fsp3) is 0.609. The van der Waals surface area contributed by atoms with Crippen LogP contribution in [0.4, 0.5) is 4.79 Å². The molecule has 2 aliphatic heterocycles. The van der Waals surface area contributed by atoms with Crippen molar-refractivity contribution < 1.29 is 33.3 Å². The highest BCUT2D eigenvalue weighted by Gasteiger charge is 2.65. The van der Waals surface area contributed by atoms with E-state index in [4.69, 9.17) is 18.9 Å². The molecule has 2 saturated heterocycles. The number of hydrogen-bond acceptors (Lipinski definition) is 7. The zero-order valence-corrected chi connectivity index (χ0v) is 17.7. The van der Waals surface area contributed by atoms with Crippen molar-refractivity contribution >= 4 is 17.8 Å². The van der Waals surface area contributed by atoms with Gasteiger partial charge in [-0.05, 0) is 31.7 Å². The number of Topliss-reactive ketones (excluding diaryl/α,β-unsaturated/α-hetero) is 1. The molecule has 1 aromatic rings. The number of ether oxygens (including phenoxy) is 4. The lowest BCUT2D eigenvalue weighted by molar-refractivity contribution is -0.173. The van der Waals surface area contributed by atoms with Gasteiger partial charge in [0.2, 0.25) is 0 Å². The van der Waals surface area contributed by atoms with Crippen LogP contribution in [0.1, 0.15) is 31.7 Å². The monoisotopic (exact) mass is 431 g/mol. The molecule has 3 aliphatic rings. The van der Waals surface area contributed by atoms with Gasteiger partial charge < -0.3 is 18.9 Å². The second-order valence-electron chi connectivity index (χ2n) is 8.21. The largest absolute Gasteiger partial charge is 0.466 e. The lowest BCUT2D eigenvalue weighted by Crippen LogP contribution is -2.53. The maximum atomic E-state index is 13.2. The van der Waals surface area contributed by atoms with E-state index in [9.17, 15) is 14.4 Å². The Morgan fingerprint density at radius 2 is 1.97 bits per heavy atom. The molecule has 168 valence electrons. The van der Waals surface area contributed by atoms with Gasteiger partial charge in [-0.3, -0.25) is 14.5 Å². The standard InChI is InChI=1S/C23H29NO7/c1-2-28-22(26)20-16-12-24(23(27)31-13-15-8-4-3-5-9-15)17(21(25)19(16)20)14-30-18-10-6-7-11-29-18/h3-5,8-9,16-20H,2,6-7,10-14H2,1H3. The molecule has 8 nitrogen and oxygen atoms in total. The third-order valence-electron chi connectivity index (χ3n) is 6.19. The van der Waals surface area contributed by atoms with E-state index in [1.54, 1.807) is 6.92 Å². The molecule has 0 spiro atoms. The van der Waals surface area contributed by atoms with Crippen LogP contribution < -0.4 is 0 Å². The number of benzene rings is 1. The van der Waals surface area contributed by atoms with E-state index in [-0.39, 0.29) is 50.3 Å². The van der Waals surface area contributed by atoms with Gasteiger partial charge in [0.05, 0.1) is 19.1 Å². The second kappa shape index (κ2) is 9.78. The Morgan fingerprint density at radius 3 is 2.68 bits per heavy atom. The highest BCUT2D eigenvalue weighted by molar-refractivity contribution is 5.98. The Bertz CT molecular complexity index is 792. The Kier molecular flexibility index (Phi) is 6.87. The first-order chi connectivity index (χ1) is 15.1. The summed E-state index contributed by atoms with van der Waals surface area (Å²) in [5.74, 6) is -1.67. The Labute approximate surface area is 181 Å². The first-order valence-electron chi connectivity index (χ1n) is 11.0. The number of hydrogen-bond donors (Lipinski definition) is 0. The number of carbonyl (C=O) groups excluding carboxylic acids is 3. The summed E-state index contributed by atoms with van der Waals surface area (Å²) in [6, 6.07) is 8.56. The molecule has 1 aromatic carbocycles. The van der Waals surface area contributed by atoms with Crippen molar-refractivity contribution in [2.24, 2.45) is 17.8 Å². The van der Waals surface area contributed by atoms with Gasteiger partial charge >= 0.3 is 12.1 Å². The van der Waals surface area contributed by atoms with E-state index in [1.165, 1.54) is 4.90 Å². The molecule has 0 bridgehead atoms. The molecule has 5 atom stereocenters. The SMILES string of the molecule is CCOC(=O)C1C2CN(C(=O)OCc3ccccc3)C(COC3CCCCO3)C(=O)C21. The number of nitrogens with zero attached hydrogens (tertiary/aromatic N) is 1. The zero-order valence-electron chi connectivity index (χ0n) is 17.7. The lowest BCUT2D eigenvalue weighted by Gasteiger charge is -2.34. The number of ketones is 1. The number of amides is 1. The van der Waals surface area contributed by atoms with Gasteiger partial charge in [-0.1, -0.05) is 30.3 Å². The smallest absolute Gasteiger partial charge is 0.410 e. The van der Waals surface area contributed by atoms with E-state index in [0.29, 0.717) is 6.61 Å². The average molecular weight is 431 g/mol. The number of fused-ring (bicyclic) bond motifs is 1. The fourth-order valence-corrected chi connectivity index (χ4v) is 4.50. The van der Waals surface area contributed by atoms with Crippen molar-refractivity contribution in [1.29, 1.82) is 0 Å². The van der Waals surface area contributed by atoms with Crippen molar-refractivity contribution in [3.63, 3.8) is 0 Å². The van der Waals surface area contributed by atoms with Crippen LogP contribution in [0.3, 0.4) is 0 Å². The number of rotatable bonds is 7. The van der Waals surface area contributed by atoms with Gasteiger partial charge in [0.25, 0.3) is 0 Å². The number of esters is 1. The summed E-state index contributed by atoms with van der Waals surface area (Å²) in [6.45, 7) is 3.04. The van der Waals surface area contributed by atoms with Crippen molar-refractivity contribution in [2.75, 3.05) is 26.4 Å². The predicted octanol–water partition coefficient (Wildman–Crippen LogP) is 2.55. The van der Waals surface area contributed by atoms with Crippen LogP contribution in [0, 0.1) is 17.8 Å². The van der Waals surface area contributed by atoms with E-state index in [0.717, 1.165) is 24.8 Å². The molecular formula is C23H29NO7. The van der Waals surface area contributed by atoms with Crippen LogP contribution in [0.15, 0.2) is 30.3 Å². The summed E-state index contributed by atoms with van der Waals surface area (Å²) >= 11 is 0. The summed E-state index contributed by atoms with van der Waals surface area (Å²) in [5, 5.41) is 0. The highest BCUT2D eigenvalue weighted by Crippen LogP contribution is 2.52. The summed E-state index contributed by atoms with van der Waals surface area (Å²) in [7, 11) is 0. The maximum absolute atomic E-state index is 13.2. The lowest BCUT2D eigenvalue weighted by atomic mass is 10.0. The normalized spacial score (nSPS) is 29.8. The summed E-state index contributed by atoms with van der Waals surface area (Å²) in [4.78, 5) is 39.7. The van der Waals surface area contributed by atoms with E-state index < -0.39 is 24.0 Å². The van der Waals surface area contributed by atoms with Crippen molar-refractivity contribution in [2.45, 2.75) is 45.1 Å². The van der Waals surface area contributed by atoms with Gasteiger partial charge in [0.1, 0.15) is 12.6 Å². The number of piperidine rings is 1. The molecule has 1 saturated carbocycles. The Morgan fingerprint density at radius 1 is 1.16 bits per heavy atom. The molecule has 4 rings (SSSR count). The minimum Gasteiger partial charge on any atom is -0.466 e. The molecule has 0 N–H and O–H groups in total. The first kappa shape index (κ1) is 21.8. The summed E-state index contributed by atoms with van der Waals surface area (Å²) in [5.41, 5.74) is 0.858. The zero-order chi connectivity index (χ0) is 21.8. The molecule has 2 heterocycles. The molecule has 3 fully saturated rings. The Balaban J connectivity index is 1.43. The third-order valence-corrected chi connectivity index (χ3v) is 6.19. The molecule has 31 heavy (non-hydrogen) atoms. The third kappa shape index (κ3) is 4.91. The van der Waals surface area contributed by atoms with Crippen molar-refractivity contribution in [3.8, 4) is 0 Å². The van der Waals surface area contributed by atoms with Gasteiger partial charge in [-0.15, -0.1) is 0 Å². The molecular weight excluding hydrogens is 402 g/mol. The molecule has 8 heteroatoms. The predicted molar refractivity (Wildman–Crippen MR) is 109 cm³/mol. The van der Waals surface area contributed by atoms with Crippen LogP contribution in [0.2, 0.25) is 0 Å². The highest BCUT2D eigenvalue weighted by atomic mass is 16.7. The fourth-order valence-electron chi connectivity index (χ4n) is 4.50. The van der Waals surface area contributed by atoms with Crippen LogP contribution in [0.5, 0.6) is 0 Å². The van der Waals surface area contributed by atoms with Crippen LogP contribution in [-0.2, 0) is 35.1 Å². The van der Waals surface area contributed by atoms with Gasteiger partial charge in [0, 0.05) is 25.0 Å². The quantitative estimate of drug-likeness (QED) is 0.613. The van der Waals surface area contributed by atoms with Crippen LogP contribution in [0.25, 0.3) is 0 Å². The van der Waals surface area contributed by atoms with Gasteiger partial charge in [-0.25, -0.2) is 4.79 Å². The minimum atomic E-state index is -0.797.